The van der Waals surface area contributed by atoms with Gasteiger partial charge in [-0.2, -0.15) is 0 Å². The van der Waals surface area contributed by atoms with Crippen LogP contribution >= 0.6 is 0 Å². The van der Waals surface area contributed by atoms with Gasteiger partial charge in [0.2, 0.25) is 0 Å². The molecule has 9 saturated carbocycles. The Kier molecular flexibility index (Phi) is 39.6. The SMILES string of the molecule is C1=C2CCCCC2CCC1.C1=C2CCCCC2CCC1.C1=CC2=C(C1)CCCC2.C1=CC2CCCCC2CC1.C1=CCC2=C(C1)CCC2.C1=CCC2=C(C1)CCCC2.C1CCC2(CC1)CC2.C1CCC2(CC1)CCCCC2.C1CCC2=C(C1)CCCC2.C1CCC2CCCCC2C1.c1ccc2c(c1)CCCC2.c1ccc2ccccc2c1. The molecule has 4 unspecified atom stereocenters. The van der Waals surface area contributed by atoms with E-state index in [0.29, 0.717) is 0 Å². The third kappa shape index (κ3) is 30.7. The fraction of sp³-hybridized carbons (Fsp3) is 0.692. The third-order valence-corrected chi connectivity index (χ3v) is 33.2. The minimum Gasteiger partial charge on any atom is -0.0882 e. The van der Waals surface area contributed by atoms with Crippen LogP contribution in [0, 0.1) is 46.3 Å². The average molecular weight is 1580 g/mol. The zero-order chi connectivity index (χ0) is 79.7. The molecule has 0 nitrogen and oxygen atoms in total. The largest absolute Gasteiger partial charge is 0.0882 e. The summed E-state index contributed by atoms with van der Waals surface area (Å²) in [5, 5.41) is 2.62. The summed E-state index contributed by atoms with van der Waals surface area (Å²) >= 11 is 0. The summed E-state index contributed by atoms with van der Waals surface area (Å²) in [4.78, 5) is 0. The van der Waals surface area contributed by atoms with Crippen molar-refractivity contribution in [2.24, 2.45) is 46.3 Å². The molecule has 24 rings (SSSR count). The van der Waals surface area contributed by atoms with Crippen LogP contribution in [0.3, 0.4) is 0 Å². The van der Waals surface area contributed by atoms with E-state index >= 15 is 0 Å². The van der Waals surface area contributed by atoms with Gasteiger partial charge in [0.05, 0.1) is 0 Å². The molecule has 117 heavy (non-hydrogen) atoms. The second-order valence-electron chi connectivity index (χ2n) is 41.4. The van der Waals surface area contributed by atoms with E-state index in [0.717, 1.165) is 46.3 Å². The Hall–Kier alpha value is -4.68. The van der Waals surface area contributed by atoms with E-state index < -0.39 is 0 Å². The van der Waals surface area contributed by atoms with E-state index in [4.69, 9.17) is 0 Å². The predicted molar refractivity (Wildman–Crippen MR) is 512 cm³/mol. The van der Waals surface area contributed by atoms with Crippen LogP contribution < -0.4 is 0 Å². The molecule has 3 aromatic rings. The molecule has 0 amide bonds. The van der Waals surface area contributed by atoms with Crippen molar-refractivity contribution in [3.8, 4) is 0 Å². The number of hydrogen-bond acceptors (Lipinski definition) is 0. The van der Waals surface area contributed by atoms with Crippen LogP contribution in [0.5, 0.6) is 0 Å². The molecule has 9 fully saturated rings. The first-order chi connectivity index (χ1) is 58.0. The number of rotatable bonds is 0. The molecule has 0 N–H and O–H groups in total. The number of allylic oxidation sites excluding steroid dienone is 20. The highest BCUT2D eigenvalue weighted by molar-refractivity contribution is 5.82. The van der Waals surface area contributed by atoms with E-state index in [1.807, 2.05) is 11.1 Å². The van der Waals surface area contributed by atoms with Gasteiger partial charge in [-0.05, 0) is 408 Å². The van der Waals surface area contributed by atoms with Gasteiger partial charge < -0.3 is 0 Å². The molecule has 0 saturated heterocycles. The zero-order valence-electron chi connectivity index (χ0n) is 75.8. The van der Waals surface area contributed by atoms with E-state index in [9.17, 15) is 0 Å². The molecule has 21 aliphatic rings. The molecule has 0 heterocycles. The van der Waals surface area contributed by atoms with Crippen LogP contribution in [0.25, 0.3) is 10.8 Å². The Bertz CT molecular complexity index is 3400. The van der Waals surface area contributed by atoms with Crippen molar-refractivity contribution in [2.45, 2.75) is 469 Å². The van der Waals surface area contributed by atoms with Crippen LogP contribution in [0.4, 0.5) is 0 Å². The maximum atomic E-state index is 2.51. The summed E-state index contributed by atoms with van der Waals surface area (Å²) in [5.74, 6) is 6.39. The van der Waals surface area contributed by atoms with E-state index in [1.165, 1.54) is 402 Å². The highest BCUT2D eigenvalue weighted by Gasteiger charge is 2.42. The smallest absolute Gasteiger partial charge is 0.0130 e. The molecule has 3 aromatic carbocycles. The Morgan fingerprint density at radius 3 is 0.983 bits per heavy atom. The first-order valence-electron chi connectivity index (χ1n) is 52.3. The number of fused-ring (bicyclic) bond motifs is 6. The molecule has 0 aliphatic heterocycles. The van der Waals surface area contributed by atoms with Crippen molar-refractivity contribution in [1.29, 1.82) is 0 Å². The van der Waals surface area contributed by atoms with Crippen LogP contribution in [0.2, 0.25) is 0 Å². The Morgan fingerprint density at radius 2 is 0.564 bits per heavy atom. The summed E-state index contributed by atoms with van der Waals surface area (Å²) in [6.45, 7) is 0. The van der Waals surface area contributed by atoms with Crippen molar-refractivity contribution in [3.63, 3.8) is 0 Å². The highest BCUT2D eigenvalue weighted by atomic mass is 14.5. The number of hydrogen-bond donors (Lipinski definition) is 0. The van der Waals surface area contributed by atoms with Gasteiger partial charge in [-0.15, -0.1) is 0 Å². The van der Waals surface area contributed by atoms with Crippen molar-refractivity contribution in [2.75, 3.05) is 0 Å². The molecule has 21 aliphatic carbocycles. The summed E-state index contributed by atoms with van der Waals surface area (Å²) in [5.41, 5.74) is 22.6. The lowest BCUT2D eigenvalue weighted by molar-refractivity contribution is 0.124. The Labute approximate surface area is 721 Å². The number of benzene rings is 3. The van der Waals surface area contributed by atoms with Gasteiger partial charge in [0.15, 0.2) is 0 Å². The van der Waals surface area contributed by atoms with Crippen molar-refractivity contribution in [1.82, 2.24) is 0 Å². The zero-order valence-corrected chi connectivity index (χ0v) is 75.8. The molecular weight excluding hydrogens is 1410 g/mol. The molecule has 4 atom stereocenters. The first kappa shape index (κ1) is 90.1. The van der Waals surface area contributed by atoms with Gasteiger partial charge in [0.25, 0.3) is 0 Å². The highest BCUT2D eigenvalue weighted by Crippen LogP contribution is 2.56. The van der Waals surface area contributed by atoms with Crippen molar-refractivity contribution < 1.29 is 0 Å². The van der Waals surface area contributed by atoms with Crippen LogP contribution in [0.1, 0.15) is 467 Å². The standard InChI is InChI=1S/C11H20.C10H18.4C10H16.C10H14.C10H12.C10H8.2C9H12.C8H14/c1-3-7-11(8-4-1)9-5-2-6-10-11;8*1-2-6-10-8-4-3-7-9(10)5-1;2*1-2-5-9-7-3-6-8(9)4-1;1-2-4-8(5-3-1)6-7-8/h1-10H2;9-10H,1-8H2;1-8H2;2*5,10H,1-4,6-8H2;1,5,9-10H,2-4,6-8H2;1-2H,3-8H2;1-2,5-6H,3-4,7-8H2;1-8H;3,6H,1-2,4-5,7H2;1-2H,3-7H2;1-7H2. The summed E-state index contributed by atoms with van der Waals surface area (Å²) in [6, 6.07) is 25.5. The second-order valence-corrected chi connectivity index (χ2v) is 41.4. The average Bonchev–Trinajstić information content (AvgIpc) is 1.66. The van der Waals surface area contributed by atoms with E-state index in [1.54, 1.807) is 133 Å². The molecule has 0 radical (unpaired) electrons. The van der Waals surface area contributed by atoms with Gasteiger partial charge in [0.1, 0.15) is 0 Å². The topological polar surface area (TPSA) is 0 Å². The van der Waals surface area contributed by atoms with Gasteiger partial charge in [0, 0.05) is 0 Å². The predicted octanol–water partition coefficient (Wildman–Crippen LogP) is 37.4. The monoisotopic (exact) mass is 1580 g/mol. The van der Waals surface area contributed by atoms with Gasteiger partial charge in [-0.25, -0.2) is 0 Å². The van der Waals surface area contributed by atoms with Gasteiger partial charge >= 0.3 is 0 Å². The third-order valence-electron chi connectivity index (χ3n) is 33.2. The summed E-state index contributed by atoms with van der Waals surface area (Å²) in [7, 11) is 0. The van der Waals surface area contributed by atoms with Crippen molar-refractivity contribution in [3.05, 3.63) is 200 Å². The molecule has 642 valence electrons. The minimum atomic E-state index is 0.858. The van der Waals surface area contributed by atoms with E-state index in [2.05, 4.69) is 134 Å². The lowest BCUT2D eigenvalue weighted by Crippen LogP contribution is -2.26. The molecular formula is C117H174. The maximum Gasteiger partial charge on any atom is -0.0130 e. The quantitative estimate of drug-likeness (QED) is 0.197. The van der Waals surface area contributed by atoms with Gasteiger partial charge in [-0.3, -0.25) is 0 Å². The van der Waals surface area contributed by atoms with Crippen LogP contribution in [0.15, 0.2) is 189 Å². The first-order valence-corrected chi connectivity index (χ1v) is 52.3. The molecule has 2 spiro atoms. The van der Waals surface area contributed by atoms with Crippen molar-refractivity contribution >= 4 is 10.8 Å². The lowest BCUT2D eigenvalue weighted by Gasteiger charge is -2.40. The molecule has 0 aromatic heterocycles. The Balaban J connectivity index is 0.000000111. The van der Waals surface area contributed by atoms with Crippen LogP contribution in [-0.4, -0.2) is 0 Å². The normalized spacial score (nSPS) is 28.0. The summed E-state index contributed by atoms with van der Waals surface area (Å²) in [6.07, 6.45) is 130. The summed E-state index contributed by atoms with van der Waals surface area (Å²) < 4.78 is 0. The number of aryl methyl sites for hydroxylation is 2. The van der Waals surface area contributed by atoms with E-state index in [-0.39, 0.29) is 0 Å². The fourth-order valence-electron chi connectivity index (χ4n) is 25.8. The molecule has 0 heteroatoms. The maximum absolute atomic E-state index is 2.51. The Morgan fingerprint density at radius 1 is 0.222 bits per heavy atom. The minimum absolute atomic E-state index is 0.858. The second kappa shape index (κ2) is 51.4. The molecule has 0 bridgehead atoms. The van der Waals surface area contributed by atoms with Crippen LogP contribution in [-0.2, 0) is 12.8 Å². The van der Waals surface area contributed by atoms with Gasteiger partial charge in [-0.1, -0.05) is 319 Å². The fourth-order valence-corrected chi connectivity index (χ4v) is 25.8. The lowest BCUT2D eigenvalue weighted by atomic mass is 9.65.